The summed E-state index contributed by atoms with van der Waals surface area (Å²) in [7, 11) is 0. The average Bonchev–Trinajstić information content (AvgIpc) is 2.77. The normalized spacial score (nSPS) is 13.1. The van der Waals surface area contributed by atoms with E-state index in [0.717, 1.165) is 6.42 Å². The van der Waals surface area contributed by atoms with Crippen molar-refractivity contribution in [2.24, 2.45) is 0 Å². The first-order chi connectivity index (χ1) is 11.6. The lowest BCUT2D eigenvalue weighted by atomic mass is 10.2. The van der Waals surface area contributed by atoms with Crippen LogP contribution in [-0.2, 0) is 4.79 Å². The van der Waals surface area contributed by atoms with Crippen molar-refractivity contribution < 1.29 is 19.0 Å². The van der Waals surface area contributed by atoms with Crippen LogP contribution in [0.25, 0.3) is 0 Å². The van der Waals surface area contributed by atoms with E-state index in [4.69, 9.17) is 37.4 Å². The van der Waals surface area contributed by atoms with E-state index in [2.05, 4.69) is 5.32 Å². The van der Waals surface area contributed by atoms with E-state index in [1.165, 1.54) is 0 Å². The molecule has 1 amide bonds. The predicted octanol–water partition coefficient (Wildman–Crippen LogP) is 4.17. The lowest BCUT2D eigenvalue weighted by Gasteiger charge is -2.11. The number of rotatable bonds is 4. The van der Waals surface area contributed by atoms with E-state index in [1.54, 1.807) is 36.4 Å². The minimum absolute atomic E-state index is 0.162. The average molecular weight is 368 g/mol. The summed E-state index contributed by atoms with van der Waals surface area (Å²) < 4.78 is 16.5. The summed E-state index contributed by atoms with van der Waals surface area (Å²) in [4.78, 5) is 12.0. The van der Waals surface area contributed by atoms with Crippen molar-refractivity contribution in [3.8, 4) is 17.2 Å². The molecule has 0 radical (unpaired) electrons. The van der Waals surface area contributed by atoms with Gasteiger partial charge in [0.2, 0.25) is 0 Å². The lowest BCUT2D eigenvalue weighted by molar-refractivity contribution is -0.118. The van der Waals surface area contributed by atoms with Crippen LogP contribution in [0.15, 0.2) is 36.4 Å². The molecular weight excluding hydrogens is 353 g/mol. The second-order valence-electron chi connectivity index (χ2n) is 5.15. The van der Waals surface area contributed by atoms with Crippen molar-refractivity contribution in [3.05, 3.63) is 46.4 Å². The fraction of sp³-hybridized carbons (Fsp3) is 0.235. The van der Waals surface area contributed by atoms with Crippen LogP contribution in [0.2, 0.25) is 10.0 Å². The SMILES string of the molecule is O=C(COc1cc(Cl)cc(Cl)c1)Nc1ccc2c(c1)OCCCO2. The number of anilines is 1. The number of carbonyl (C=O) groups is 1. The quantitative estimate of drug-likeness (QED) is 0.880. The fourth-order valence-corrected chi connectivity index (χ4v) is 2.70. The number of benzene rings is 2. The maximum absolute atomic E-state index is 12.0. The molecule has 1 aliphatic heterocycles. The molecular formula is C17H15Cl2NO4. The first-order valence-electron chi connectivity index (χ1n) is 7.38. The monoisotopic (exact) mass is 367 g/mol. The van der Waals surface area contributed by atoms with Gasteiger partial charge >= 0.3 is 0 Å². The molecule has 0 unspecified atom stereocenters. The van der Waals surface area contributed by atoms with Crippen LogP contribution in [0.5, 0.6) is 17.2 Å². The number of ether oxygens (including phenoxy) is 3. The Bertz CT molecular complexity index is 731. The summed E-state index contributed by atoms with van der Waals surface area (Å²) >= 11 is 11.8. The maximum Gasteiger partial charge on any atom is 0.262 e. The van der Waals surface area contributed by atoms with Gasteiger partial charge in [-0.15, -0.1) is 0 Å². The smallest absolute Gasteiger partial charge is 0.262 e. The summed E-state index contributed by atoms with van der Waals surface area (Å²) in [5.41, 5.74) is 0.608. The number of carbonyl (C=O) groups excluding carboxylic acids is 1. The van der Waals surface area contributed by atoms with Gasteiger partial charge in [-0.3, -0.25) is 4.79 Å². The fourth-order valence-electron chi connectivity index (χ4n) is 2.20. The second-order valence-corrected chi connectivity index (χ2v) is 6.03. The number of amides is 1. The number of hydrogen-bond donors (Lipinski definition) is 1. The molecule has 0 saturated carbocycles. The van der Waals surface area contributed by atoms with Crippen LogP contribution in [-0.4, -0.2) is 25.7 Å². The predicted molar refractivity (Wildman–Crippen MR) is 92.6 cm³/mol. The molecule has 5 nitrogen and oxygen atoms in total. The van der Waals surface area contributed by atoms with Gasteiger partial charge in [0, 0.05) is 28.2 Å². The molecule has 7 heteroatoms. The van der Waals surface area contributed by atoms with Gasteiger partial charge in [0.15, 0.2) is 18.1 Å². The molecule has 0 atom stereocenters. The second kappa shape index (κ2) is 7.64. The van der Waals surface area contributed by atoms with Crippen molar-refractivity contribution in [1.29, 1.82) is 0 Å². The lowest BCUT2D eigenvalue weighted by Crippen LogP contribution is -2.20. The van der Waals surface area contributed by atoms with E-state index in [9.17, 15) is 4.79 Å². The summed E-state index contributed by atoms with van der Waals surface area (Å²) in [5, 5.41) is 3.64. The molecule has 0 aromatic heterocycles. The van der Waals surface area contributed by atoms with E-state index in [1.807, 2.05) is 0 Å². The zero-order chi connectivity index (χ0) is 16.9. The van der Waals surface area contributed by atoms with Gasteiger partial charge in [0.05, 0.1) is 13.2 Å². The standard InChI is InChI=1S/C17H15Cl2NO4/c18-11-6-12(19)8-14(7-11)24-10-17(21)20-13-2-3-15-16(9-13)23-5-1-4-22-15/h2-3,6-9H,1,4-5,10H2,(H,20,21). The van der Waals surface area contributed by atoms with Crippen LogP contribution in [0, 0.1) is 0 Å². The molecule has 3 rings (SSSR count). The third-order valence-electron chi connectivity index (χ3n) is 3.24. The van der Waals surface area contributed by atoms with E-state index in [0.29, 0.717) is 46.2 Å². The first-order valence-corrected chi connectivity index (χ1v) is 8.14. The summed E-state index contributed by atoms with van der Waals surface area (Å²) in [6, 6.07) is 10.0. The van der Waals surface area contributed by atoms with E-state index in [-0.39, 0.29) is 12.5 Å². The van der Waals surface area contributed by atoms with Crippen molar-refractivity contribution >= 4 is 34.8 Å². The Hall–Kier alpha value is -2.11. The molecule has 0 bridgehead atoms. The Kier molecular flexibility index (Phi) is 5.33. The third-order valence-corrected chi connectivity index (χ3v) is 3.67. The molecule has 0 spiro atoms. The molecule has 1 aliphatic rings. The van der Waals surface area contributed by atoms with Gasteiger partial charge in [0.1, 0.15) is 5.75 Å². The van der Waals surface area contributed by atoms with Gasteiger partial charge in [0.25, 0.3) is 5.91 Å². The molecule has 24 heavy (non-hydrogen) atoms. The van der Waals surface area contributed by atoms with Crippen LogP contribution in [0.3, 0.4) is 0 Å². The largest absolute Gasteiger partial charge is 0.490 e. The molecule has 1 heterocycles. The number of fused-ring (bicyclic) bond motifs is 1. The van der Waals surface area contributed by atoms with Crippen molar-refractivity contribution in [3.63, 3.8) is 0 Å². The Morgan fingerprint density at radius 1 is 1.04 bits per heavy atom. The molecule has 0 fully saturated rings. The zero-order valence-electron chi connectivity index (χ0n) is 12.7. The third kappa shape index (κ3) is 4.46. The zero-order valence-corrected chi connectivity index (χ0v) is 14.2. The highest BCUT2D eigenvalue weighted by atomic mass is 35.5. The number of nitrogens with one attached hydrogen (secondary N) is 1. The summed E-state index contributed by atoms with van der Waals surface area (Å²) in [6.07, 6.45) is 0.826. The Labute approximate surface area is 149 Å². The number of halogens is 2. The molecule has 0 aliphatic carbocycles. The van der Waals surface area contributed by atoms with Gasteiger partial charge in [-0.25, -0.2) is 0 Å². The molecule has 126 valence electrons. The highest BCUT2D eigenvalue weighted by Crippen LogP contribution is 2.32. The van der Waals surface area contributed by atoms with Crippen LogP contribution < -0.4 is 19.5 Å². The van der Waals surface area contributed by atoms with Crippen molar-refractivity contribution in [2.45, 2.75) is 6.42 Å². The highest BCUT2D eigenvalue weighted by Gasteiger charge is 2.12. The molecule has 2 aromatic carbocycles. The Balaban J connectivity index is 1.59. The minimum Gasteiger partial charge on any atom is -0.490 e. The Morgan fingerprint density at radius 2 is 1.75 bits per heavy atom. The van der Waals surface area contributed by atoms with Gasteiger partial charge in [-0.2, -0.15) is 0 Å². The molecule has 2 aromatic rings. The van der Waals surface area contributed by atoms with E-state index < -0.39 is 0 Å². The number of hydrogen-bond acceptors (Lipinski definition) is 4. The van der Waals surface area contributed by atoms with Crippen LogP contribution in [0.4, 0.5) is 5.69 Å². The van der Waals surface area contributed by atoms with Crippen LogP contribution in [0.1, 0.15) is 6.42 Å². The van der Waals surface area contributed by atoms with Gasteiger partial charge in [-0.05, 0) is 30.3 Å². The minimum atomic E-state index is -0.305. The van der Waals surface area contributed by atoms with Gasteiger partial charge < -0.3 is 19.5 Å². The van der Waals surface area contributed by atoms with Crippen molar-refractivity contribution in [1.82, 2.24) is 0 Å². The summed E-state index contributed by atoms with van der Waals surface area (Å²) in [6.45, 7) is 1.04. The first kappa shape index (κ1) is 16.7. The van der Waals surface area contributed by atoms with Crippen LogP contribution >= 0.6 is 23.2 Å². The van der Waals surface area contributed by atoms with E-state index >= 15 is 0 Å². The highest BCUT2D eigenvalue weighted by molar-refractivity contribution is 6.34. The van der Waals surface area contributed by atoms with Gasteiger partial charge in [-0.1, -0.05) is 23.2 Å². The molecule has 1 N–H and O–H groups in total. The summed E-state index contributed by atoms with van der Waals surface area (Å²) in [5.74, 6) is 1.42. The topological polar surface area (TPSA) is 56.8 Å². The maximum atomic E-state index is 12.0. The van der Waals surface area contributed by atoms with Crippen molar-refractivity contribution in [2.75, 3.05) is 25.1 Å². The molecule has 0 saturated heterocycles. The Morgan fingerprint density at radius 3 is 2.50 bits per heavy atom.